The Morgan fingerprint density at radius 1 is 1.30 bits per heavy atom. The predicted molar refractivity (Wildman–Crippen MR) is 82.2 cm³/mol. The summed E-state index contributed by atoms with van der Waals surface area (Å²) in [6.07, 6.45) is 3.26. The average molecular weight is 333 g/mol. The molecule has 1 N–H and O–H groups in total. The molecule has 0 bridgehead atoms. The van der Waals surface area contributed by atoms with E-state index in [1.807, 2.05) is 6.07 Å². The summed E-state index contributed by atoms with van der Waals surface area (Å²) in [5.74, 6) is -0.398. The maximum atomic E-state index is 14.0. The van der Waals surface area contributed by atoms with Crippen LogP contribution in [0.15, 0.2) is 30.6 Å². The topological polar surface area (TPSA) is 99.0 Å². The molecule has 1 aliphatic rings. The zero-order chi connectivity index (χ0) is 16.4. The number of aromatic nitrogens is 2. The highest BCUT2D eigenvalue weighted by atomic mass is 32.2. The fourth-order valence-electron chi connectivity index (χ4n) is 2.34. The van der Waals surface area contributed by atoms with Gasteiger partial charge in [-0.05, 0) is 24.6 Å². The third-order valence-electron chi connectivity index (χ3n) is 3.38. The molecule has 2 heterocycles. The highest BCUT2D eigenvalue weighted by Gasteiger charge is 2.30. The molecular formula is C14H12FN5O2S. The van der Waals surface area contributed by atoms with Gasteiger partial charge in [0.2, 0.25) is 10.0 Å². The normalized spacial score (nSPS) is 16.1. The summed E-state index contributed by atoms with van der Waals surface area (Å²) in [7, 11) is -3.48. The Labute approximate surface area is 132 Å². The van der Waals surface area contributed by atoms with Crippen LogP contribution in [0.3, 0.4) is 0 Å². The first-order valence-corrected chi connectivity index (χ1v) is 8.40. The van der Waals surface area contributed by atoms with Crippen LogP contribution in [-0.4, -0.2) is 30.7 Å². The highest BCUT2D eigenvalue weighted by molar-refractivity contribution is 7.93. The molecule has 0 aliphatic carbocycles. The minimum absolute atomic E-state index is 0.00678. The van der Waals surface area contributed by atoms with Crippen molar-refractivity contribution in [2.24, 2.45) is 0 Å². The molecule has 23 heavy (non-hydrogen) atoms. The van der Waals surface area contributed by atoms with E-state index in [9.17, 15) is 12.8 Å². The molecule has 1 aromatic heterocycles. The third kappa shape index (κ3) is 2.93. The van der Waals surface area contributed by atoms with Gasteiger partial charge in [0, 0.05) is 24.6 Å². The molecule has 3 rings (SSSR count). The number of hydrogen-bond donors (Lipinski definition) is 1. The van der Waals surface area contributed by atoms with Gasteiger partial charge in [0.05, 0.1) is 11.4 Å². The molecule has 0 atom stereocenters. The Morgan fingerprint density at radius 2 is 2.09 bits per heavy atom. The van der Waals surface area contributed by atoms with Crippen LogP contribution in [0.5, 0.6) is 0 Å². The van der Waals surface area contributed by atoms with Crippen LogP contribution >= 0.6 is 0 Å². The molecule has 0 spiro atoms. The minimum Gasteiger partial charge on any atom is -0.338 e. The van der Waals surface area contributed by atoms with Crippen LogP contribution in [-0.2, 0) is 10.0 Å². The molecule has 0 radical (unpaired) electrons. The van der Waals surface area contributed by atoms with Crippen molar-refractivity contribution in [1.82, 2.24) is 9.97 Å². The Hall–Kier alpha value is -2.73. The molecule has 0 unspecified atom stereocenters. The van der Waals surface area contributed by atoms with Gasteiger partial charge >= 0.3 is 0 Å². The molecule has 118 valence electrons. The number of halogens is 1. The first-order valence-electron chi connectivity index (χ1n) is 6.79. The number of hydrogen-bond acceptors (Lipinski definition) is 6. The second-order valence-corrected chi connectivity index (χ2v) is 6.91. The van der Waals surface area contributed by atoms with E-state index in [1.165, 1.54) is 30.6 Å². The van der Waals surface area contributed by atoms with Crippen molar-refractivity contribution in [3.8, 4) is 6.07 Å². The second kappa shape index (κ2) is 5.81. The average Bonchev–Trinajstić information content (AvgIpc) is 2.89. The molecule has 1 fully saturated rings. The number of sulfonamides is 1. The van der Waals surface area contributed by atoms with E-state index < -0.39 is 15.8 Å². The standard InChI is InChI=1S/C14H12FN5O2S/c15-11-3-2-10(19-14-12(9-16)17-4-5-18-14)8-13(11)20-6-1-7-23(20,21)22/h2-5,8H,1,6-7H2,(H,18,19). The van der Waals surface area contributed by atoms with Gasteiger partial charge in [0.15, 0.2) is 11.5 Å². The Bertz CT molecular complexity index is 894. The van der Waals surface area contributed by atoms with E-state index in [0.717, 1.165) is 4.31 Å². The summed E-state index contributed by atoms with van der Waals surface area (Å²) in [6, 6.07) is 5.89. The number of anilines is 3. The van der Waals surface area contributed by atoms with Gasteiger partial charge in [0.25, 0.3) is 0 Å². The van der Waals surface area contributed by atoms with E-state index in [2.05, 4.69) is 15.3 Å². The summed E-state index contributed by atoms with van der Waals surface area (Å²) in [5, 5.41) is 11.9. The smallest absolute Gasteiger partial charge is 0.235 e. The SMILES string of the molecule is N#Cc1nccnc1Nc1ccc(F)c(N2CCCS2(=O)=O)c1. The van der Waals surface area contributed by atoms with Gasteiger partial charge < -0.3 is 5.32 Å². The van der Waals surface area contributed by atoms with Crippen molar-refractivity contribution in [3.05, 3.63) is 42.1 Å². The lowest BCUT2D eigenvalue weighted by Crippen LogP contribution is -2.26. The van der Waals surface area contributed by atoms with E-state index in [0.29, 0.717) is 12.1 Å². The molecule has 1 aromatic carbocycles. The van der Waals surface area contributed by atoms with Crippen molar-refractivity contribution in [2.75, 3.05) is 21.9 Å². The molecular weight excluding hydrogens is 321 g/mol. The highest BCUT2D eigenvalue weighted by Crippen LogP contribution is 2.30. The summed E-state index contributed by atoms with van der Waals surface area (Å²) in [5.41, 5.74) is 0.488. The van der Waals surface area contributed by atoms with Gasteiger partial charge in [-0.3, -0.25) is 4.31 Å². The molecule has 9 heteroatoms. The minimum atomic E-state index is -3.48. The van der Waals surface area contributed by atoms with Gasteiger partial charge in [-0.1, -0.05) is 0 Å². The summed E-state index contributed by atoms with van der Waals surface area (Å²) in [6.45, 7) is 0.247. The van der Waals surface area contributed by atoms with Crippen molar-refractivity contribution >= 4 is 27.2 Å². The lowest BCUT2D eigenvalue weighted by atomic mass is 10.2. The van der Waals surface area contributed by atoms with Crippen molar-refractivity contribution < 1.29 is 12.8 Å². The van der Waals surface area contributed by atoms with Crippen molar-refractivity contribution in [1.29, 1.82) is 5.26 Å². The second-order valence-electron chi connectivity index (χ2n) is 4.90. The molecule has 7 nitrogen and oxygen atoms in total. The fourth-order valence-corrected chi connectivity index (χ4v) is 3.90. The van der Waals surface area contributed by atoms with Gasteiger partial charge in [0.1, 0.15) is 11.9 Å². The lowest BCUT2D eigenvalue weighted by Gasteiger charge is -2.18. The molecule has 2 aromatic rings. The van der Waals surface area contributed by atoms with Gasteiger partial charge in [-0.25, -0.2) is 22.8 Å². The Balaban J connectivity index is 1.97. The van der Waals surface area contributed by atoms with E-state index in [-0.39, 0.29) is 29.5 Å². The largest absolute Gasteiger partial charge is 0.338 e. The number of rotatable bonds is 3. The zero-order valence-corrected chi connectivity index (χ0v) is 12.7. The quantitative estimate of drug-likeness (QED) is 0.919. The number of benzene rings is 1. The lowest BCUT2D eigenvalue weighted by molar-refractivity contribution is 0.595. The predicted octanol–water partition coefficient (Wildman–Crippen LogP) is 1.77. The maximum absolute atomic E-state index is 14.0. The van der Waals surface area contributed by atoms with Crippen molar-refractivity contribution in [2.45, 2.75) is 6.42 Å². The first-order chi connectivity index (χ1) is 11.0. The molecule has 1 saturated heterocycles. The Kier molecular flexibility index (Phi) is 3.83. The fraction of sp³-hybridized carbons (Fsp3) is 0.214. The van der Waals surface area contributed by atoms with Crippen LogP contribution in [0.25, 0.3) is 0 Å². The monoisotopic (exact) mass is 333 g/mol. The maximum Gasteiger partial charge on any atom is 0.235 e. The Morgan fingerprint density at radius 3 is 2.78 bits per heavy atom. The molecule has 1 aliphatic heterocycles. The van der Waals surface area contributed by atoms with Crippen LogP contribution in [0.1, 0.15) is 12.1 Å². The van der Waals surface area contributed by atoms with Crippen molar-refractivity contribution in [3.63, 3.8) is 0 Å². The summed E-state index contributed by atoms with van der Waals surface area (Å²) in [4.78, 5) is 7.87. The number of nitrogens with zero attached hydrogens (tertiary/aromatic N) is 4. The van der Waals surface area contributed by atoms with Crippen LogP contribution in [0, 0.1) is 17.1 Å². The van der Waals surface area contributed by atoms with Gasteiger partial charge in [-0.2, -0.15) is 5.26 Å². The van der Waals surface area contributed by atoms with E-state index in [1.54, 1.807) is 0 Å². The van der Waals surface area contributed by atoms with E-state index in [4.69, 9.17) is 5.26 Å². The van der Waals surface area contributed by atoms with Gasteiger partial charge in [-0.15, -0.1) is 0 Å². The molecule has 0 saturated carbocycles. The summed E-state index contributed by atoms with van der Waals surface area (Å²) < 4.78 is 39.0. The first kappa shape index (κ1) is 15.2. The van der Waals surface area contributed by atoms with Crippen LogP contribution in [0.2, 0.25) is 0 Å². The van der Waals surface area contributed by atoms with E-state index >= 15 is 0 Å². The number of nitrogens with one attached hydrogen (secondary N) is 1. The van der Waals surface area contributed by atoms with Crippen LogP contribution in [0.4, 0.5) is 21.6 Å². The molecule has 0 amide bonds. The number of nitriles is 1. The third-order valence-corrected chi connectivity index (χ3v) is 5.24. The van der Waals surface area contributed by atoms with Crippen LogP contribution < -0.4 is 9.62 Å². The zero-order valence-electron chi connectivity index (χ0n) is 11.9. The summed E-state index contributed by atoms with van der Waals surface area (Å²) >= 11 is 0.